The van der Waals surface area contributed by atoms with Crippen LogP contribution in [-0.4, -0.2) is 21.2 Å². The Kier molecular flexibility index (Phi) is 3.10. The zero-order chi connectivity index (χ0) is 16.8. The summed E-state index contributed by atoms with van der Waals surface area (Å²) in [5.41, 5.74) is -0.229. The van der Waals surface area contributed by atoms with E-state index in [0.29, 0.717) is 39.2 Å². The first kappa shape index (κ1) is 14.2. The van der Waals surface area contributed by atoms with Crippen LogP contribution in [0.25, 0.3) is 11.0 Å². The maximum Gasteiger partial charge on any atom is 0.291 e. The van der Waals surface area contributed by atoms with Gasteiger partial charge in [-0.2, -0.15) is 9.50 Å². The third-order valence-corrected chi connectivity index (χ3v) is 4.77. The van der Waals surface area contributed by atoms with Crippen LogP contribution in [-0.2, 0) is 0 Å². The van der Waals surface area contributed by atoms with Crippen LogP contribution in [0, 0.1) is 0 Å². The predicted molar refractivity (Wildman–Crippen MR) is 89.9 cm³/mol. The van der Waals surface area contributed by atoms with Gasteiger partial charge in [-0.3, -0.25) is 4.79 Å². The fourth-order valence-corrected chi connectivity index (χ4v) is 3.53. The Bertz CT molecular complexity index is 1160. The molecule has 1 atom stereocenters. The Labute approximate surface area is 144 Å². The van der Waals surface area contributed by atoms with Gasteiger partial charge in [0.2, 0.25) is 4.96 Å². The molecule has 0 spiro atoms. The van der Waals surface area contributed by atoms with Gasteiger partial charge in [-0.25, -0.2) is 0 Å². The minimum atomic E-state index is -0.445. The highest BCUT2D eigenvalue weighted by molar-refractivity contribution is 7.15. The van der Waals surface area contributed by atoms with Crippen molar-refractivity contribution in [2.45, 2.75) is 6.10 Å². The van der Waals surface area contributed by atoms with Crippen LogP contribution in [0.4, 0.5) is 0 Å². The molecule has 5 rings (SSSR count). The first-order valence-corrected chi connectivity index (χ1v) is 8.43. The zero-order valence-corrected chi connectivity index (χ0v) is 13.6. The average molecular weight is 353 g/mol. The minimum absolute atomic E-state index is 0.229. The van der Waals surface area contributed by atoms with E-state index in [9.17, 15) is 4.79 Å². The fraction of sp³-hybridized carbons (Fsp3) is 0.118. The molecule has 7 nitrogen and oxygen atoms in total. The summed E-state index contributed by atoms with van der Waals surface area (Å²) in [5, 5.41) is 4.31. The van der Waals surface area contributed by atoms with Crippen molar-refractivity contribution in [1.82, 2.24) is 14.6 Å². The van der Waals surface area contributed by atoms with Gasteiger partial charge in [0.05, 0.1) is 6.26 Å². The number of para-hydroxylation sites is 2. The van der Waals surface area contributed by atoms with E-state index in [1.165, 1.54) is 15.9 Å². The molecule has 0 bridgehead atoms. The van der Waals surface area contributed by atoms with Crippen molar-refractivity contribution in [3.63, 3.8) is 0 Å². The maximum atomic E-state index is 12.5. The van der Waals surface area contributed by atoms with Gasteiger partial charge in [-0.15, -0.1) is 5.10 Å². The average Bonchev–Trinajstić information content (AvgIpc) is 3.35. The monoisotopic (exact) mass is 353 g/mol. The summed E-state index contributed by atoms with van der Waals surface area (Å²) < 4.78 is 18.6. The molecule has 0 N–H and O–H groups in total. The molecule has 0 aliphatic carbocycles. The second-order valence-electron chi connectivity index (χ2n) is 5.46. The molecule has 0 fully saturated rings. The number of benzene rings is 1. The van der Waals surface area contributed by atoms with Crippen LogP contribution in [0.2, 0.25) is 0 Å². The van der Waals surface area contributed by atoms with Crippen LogP contribution in [0.3, 0.4) is 0 Å². The van der Waals surface area contributed by atoms with Crippen LogP contribution < -0.4 is 19.6 Å². The third kappa shape index (κ3) is 2.38. The third-order valence-electron chi connectivity index (χ3n) is 3.81. The molecular formula is C17H11N3O4S. The Balaban J connectivity index is 1.51. The Morgan fingerprint density at radius 1 is 1.20 bits per heavy atom. The van der Waals surface area contributed by atoms with Crippen LogP contribution >= 0.6 is 11.3 Å². The van der Waals surface area contributed by atoms with E-state index in [1.54, 1.807) is 24.5 Å². The van der Waals surface area contributed by atoms with E-state index in [0.717, 1.165) is 0 Å². The first-order valence-electron chi connectivity index (χ1n) is 7.61. The van der Waals surface area contributed by atoms with Crippen molar-refractivity contribution in [1.29, 1.82) is 0 Å². The topological polar surface area (TPSA) is 78.9 Å². The summed E-state index contributed by atoms with van der Waals surface area (Å²) in [5.74, 6) is 2.38. The second kappa shape index (κ2) is 5.45. The van der Waals surface area contributed by atoms with E-state index in [4.69, 9.17) is 13.9 Å². The van der Waals surface area contributed by atoms with Crippen molar-refractivity contribution < 1.29 is 13.9 Å². The number of thiazole rings is 1. The molecule has 3 aromatic heterocycles. The van der Waals surface area contributed by atoms with Crippen LogP contribution in [0.15, 0.2) is 51.9 Å². The molecule has 0 radical (unpaired) electrons. The van der Waals surface area contributed by atoms with Crippen molar-refractivity contribution in [3.05, 3.63) is 69.1 Å². The lowest BCUT2D eigenvalue weighted by Gasteiger charge is -2.24. The highest BCUT2D eigenvalue weighted by Gasteiger charge is 2.27. The van der Waals surface area contributed by atoms with Gasteiger partial charge in [-0.1, -0.05) is 23.5 Å². The normalized spacial score (nSPS) is 17.3. The molecular weight excluding hydrogens is 342 g/mol. The smallest absolute Gasteiger partial charge is 0.291 e. The molecule has 8 heteroatoms. The number of nitrogens with zero attached hydrogens (tertiary/aromatic N) is 3. The van der Waals surface area contributed by atoms with E-state index >= 15 is 0 Å². The fourth-order valence-electron chi connectivity index (χ4n) is 2.63. The molecule has 0 unspecified atom stereocenters. The predicted octanol–water partition coefficient (Wildman–Crippen LogP) is 1.80. The van der Waals surface area contributed by atoms with Gasteiger partial charge in [0, 0.05) is 6.08 Å². The Morgan fingerprint density at radius 3 is 2.88 bits per heavy atom. The number of rotatable bonds is 2. The SMILES string of the molecule is O=c1/c(=C\c2ccco2)sc2nc([C@@H]3COc4ccccc4O3)nn12. The largest absolute Gasteiger partial charge is 0.485 e. The number of furan rings is 1. The van der Waals surface area contributed by atoms with Gasteiger partial charge in [0.1, 0.15) is 16.9 Å². The molecule has 4 aromatic rings. The van der Waals surface area contributed by atoms with Gasteiger partial charge in [0.25, 0.3) is 5.56 Å². The molecule has 4 heterocycles. The summed E-state index contributed by atoms with van der Waals surface area (Å²) in [6, 6.07) is 11.0. The quantitative estimate of drug-likeness (QED) is 0.547. The van der Waals surface area contributed by atoms with Crippen molar-refractivity contribution in [3.8, 4) is 11.5 Å². The first-order chi connectivity index (χ1) is 12.3. The summed E-state index contributed by atoms with van der Waals surface area (Å²) in [4.78, 5) is 17.4. The lowest BCUT2D eigenvalue weighted by molar-refractivity contribution is 0.0852. The summed E-state index contributed by atoms with van der Waals surface area (Å²) >= 11 is 1.26. The van der Waals surface area contributed by atoms with Crippen LogP contribution in [0.5, 0.6) is 11.5 Å². The molecule has 0 amide bonds. The van der Waals surface area contributed by atoms with Crippen molar-refractivity contribution >= 4 is 22.4 Å². The Hall–Kier alpha value is -3.13. The number of hydrogen-bond acceptors (Lipinski definition) is 7. The number of fused-ring (bicyclic) bond motifs is 2. The molecule has 1 aromatic carbocycles. The van der Waals surface area contributed by atoms with E-state index in [2.05, 4.69) is 10.1 Å². The molecule has 25 heavy (non-hydrogen) atoms. The zero-order valence-electron chi connectivity index (χ0n) is 12.8. The number of hydrogen-bond donors (Lipinski definition) is 0. The molecule has 124 valence electrons. The van der Waals surface area contributed by atoms with E-state index < -0.39 is 6.10 Å². The molecule has 0 saturated heterocycles. The van der Waals surface area contributed by atoms with E-state index in [1.807, 2.05) is 24.3 Å². The Morgan fingerprint density at radius 2 is 2.08 bits per heavy atom. The molecule has 1 aliphatic heterocycles. The lowest BCUT2D eigenvalue weighted by Crippen LogP contribution is -2.26. The van der Waals surface area contributed by atoms with Gasteiger partial charge >= 0.3 is 0 Å². The van der Waals surface area contributed by atoms with Crippen LogP contribution in [0.1, 0.15) is 17.7 Å². The van der Waals surface area contributed by atoms with Gasteiger partial charge in [0.15, 0.2) is 23.4 Å². The summed E-state index contributed by atoms with van der Waals surface area (Å²) in [6.45, 7) is 0.300. The number of ether oxygens (including phenoxy) is 2. The lowest BCUT2D eigenvalue weighted by atomic mass is 10.2. The summed E-state index contributed by atoms with van der Waals surface area (Å²) in [6.07, 6.45) is 2.79. The highest BCUT2D eigenvalue weighted by Crippen LogP contribution is 2.35. The molecule has 1 aliphatic rings. The standard InChI is InChI=1S/C17H11N3O4S/c21-16-14(8-10-4-3-7-22-10)25-17-18-15(19-20(16)17)13-9-23-11-5-1-2-6-12(11)24-13/h1-8,13H,9H2/b14-8+/t13-/m0/s1. The minimum Gasteiger partial charge on any atom is -0.485 e. The van der Waals surface area contributed by atoms with E-state index in [-0.39, 0.29) is 5.56 Å². The van der Waals surface area contributed by atoms with Gasteiger partial charge in [-0.05, 0) is 24.3 Å². The van der Waals surface area contributed by atoms with Gasteiger partial charge < -0.3 is 13.9 Å². The molecule has 0 saturated carbocycles. The second-order valence-corrected chi connectivity index (χ2v) is 6.47. The van der Waals surface area contributed by atoms with Crippen molar-refractivity contribution in [2.24, 2.45) is 0 Å². The maximum absolute atomic E-state index is 12.5. The summed E-state index contributed by atoms with van der Waals surface area (Å²) in [7, 11) is 0. The highest BCUT2D eigenvalue weighted by atomic mass is 32.1. The number of aromatic nitrogens is 3. The van der Waals surface area contributed by atoms with Crippen molar-refractivity contribution in [2.75, 3.05) is 6.61 Å².